The zero-order chi connectivity index (χ0) is 20.4. The molecular weight excluding hydrogens is 372 g/mol. The largest absolute Gasteiger partial charge is 0.375 e. The van der Waals surface area contributed by atoms with E-state index in [4.69, 9.17) is 4.74 Å². The van der Waals surface area contributed by atoms with Crippen molar-refractivity contribution < 1.29 is 14.3 Å². The Bertz CT molecular complexity index is 911. The molecule has 154 valence electrons. The van der Waals surface area contributed by atoms with Crippen molar-refractivity contribution in [2.24, 2.45) is 0 Å². The fraction of sp³-hybridized carbons (Fsp3) is 0.550. The van der Waals surface area contributed by atoms with Crippen LogP contribution in [0.3, 0.4) is 0 Å². The van der Waals surface area contributed by atoms with Crippen molar-refractivity contribution in [3.8, 4) is 0 Å². The normalized spacial score (nSPS) is 19.2. The Morgan fingerprint density at radius 3 is 2.86 bits per heavy atom. The molecule has 4 heterocycles. The molecule has 0 bridgehead atoms. The average molecular weight is 398 g/mol. The summed E-state index contributed by atoms with van der Waals surface area (Å²) >= 11 is 0. The summed E-state index contributed by atoms with van der Waals surface area (Å²) in [7, 11) is 1.53. The lowest BCUT2D eigenvalue weighted by atomic mass is 10.0. The van der Waals surface area contributed by atoms with E-state index < -0.39 is 0 Å². The Labute approximate surface area is 169 Å². The first kappa shape index (κ1) is 19.5. The highest BCUT2D eigenvalue weighted by molar-refractivity contribution is 5.95. The van der Waals surface area contributed by atoms with Crippen molar-refractivity contribution in [2.75, 3.05) is 26.8 Å². The van der Waals surface area contributed by atoms with Gasteiger partial charge >= 0.3 is 0 Å². The monoisotopic (exact) mass is 398 g/mol. The Morgan fingerprint density at radius 1 is 1.21 bits per heavy atom. The van der Waals surface area contributed by atoms with Crippen LogP contribution < -0.4 is 0 Å². The third-order valence-corrected chi connectivity index (χ3v) is 5.73. The number of ether oxygens (including phenoxy) is 1. The van der Waals surface area contributed by atoms with Gasteiger partial charge in [0.25, 0.3) is 5.91 Å². The van der Waals surface area contributed by atoms with E-state index in [0.717, 1.165) is 36.5 Å². The highest BCUT2D eigenvalue weighted by Crippen LogP contribution is 2.31. The molecule has 4 rings (SSSR count). The number of aryl methyl sites for hydroxylation is 1. The van der Waals surface area contributed by atoms with Crippen LogP contribution in [-0.4, -0.2) is 68.2 Å². The van der Waals surface area contributed by atoms with Crippen molar-refractivity contribution >= 4 is 11.8 Å². The molecule has 0 aliphatic carbocycles. The number of rotatable bonds is 4. The molecule has 2 amide bonds. The van der Waals surface area contributed by atoms with Crippen molar-refractivity contribution in [1.29, 1.82) is 0 Å². The molecule has 9 nitrogen and oxygen atoms in total. The first-order chi connectivity index (χ1) is 14.1. The standard InChI is InChI=1S/C20H26N6O3/c1-14-6-7-21-11-15(14)20(28)24-9-10-26-17(12-24)22-23-19(26)16-5-3-4-8-25(16)18(27)13-29-2/h6-7,11,16H,3-5,8-10,12-13H2,1-2H3. The van der Waals surface area contributed by atoms with Crippen LogP contribution in [-0.2, 0) is 22.6 Å². The number of hydrogen-bond acceptors (Lipinski definition) is 6. The zero-order valence-corrected chi connectivity index (χ0v) is 16.9. The number of piperidine rings is 1. The summed E-state index contributed by atoms with van der Waals surface area (Å²) in [5.74, 6) is 1.51. The van der Waals surface area contributed by atoms with Gasteiger partial charge in [0.15, 0.2) is 11.6 Å². The van der Waals surface area contributed by atoms with E-state index >= 15 is 0 Å². The van der Waals surface area contributed by atoms with Gasteiger partial charge in [-0.3, -0.25) is 14.6 Å². The van der Waals surface area contributed by atoms with Crippen LogP contribution in [0.1, 0.15) is 52.9 Å². The third-order valence-electron chi connectivity index (χ3n) is 5.73. The Morgan fingerprint density at radius 2 is 2.07 bits per heavy atom. The number of fused-ring (bicyclic) bond motifs is 1. The van der Waals surface area contributed by atoms with E-state index in [0.29, 0.717) is 31.7 Å². The van der Waals surface area contributed by atoms with Gasteiger partial charge in [-0.15, -0.1) is 10.2 Å². The van der Waals surface area contributed by atoms with Crippen LogP contribution in [0.4, 0.5) is 0 Å². The van der Waals surface area contributed by atoms with Gasteiger partial charge in [0, 0.05) is 39.1 Å². The fourth-order valence-corrected chi connectivity index (χ4v) is 4.16. The molecule has 0 N–H and O–H groups in total. The van der Waals surface area contributed by atoms with Crippen molar-refractivity contribution in [3.05, 3.63) is 41.2 Å². The lowest BCUT2D eigenvalue weighted by Crippen LogP contribution is -2.43. The van der Waals surface area contributed by atoms with Gasteiger partial charge in [-0.05, 0) is 37.8 Å². The molecule has 1 atom stereocenters. The van der Waals surface area contributed by atoms with E-state index in [1.165, 1.54) is 7.11 Å². The maximum atomic E-state index is 12.9. The number of aromatic nitrogens is 4. The maximum absolute atomic E-state index is 12.9. The molecule has 9 heteroatoms. The van der Waals surface area contributed by atoms with Crippen molar-refractivity contribution in [1.82, 2.24) is 29.5 Å². The van der Waals surface area contributed by atoms with Crippen LogP contribution >= 0.6 is 0 Å². The van der Waals surface area contributed by atoms with Crippen LogP contribution in [0.5, 0.6) is 0 Å². The van der Waals surface area contributed by atoms with Crippen molar-refractivity contribution in [3.63, 3.8) is 0 Å². The molecule has 2 aliphatic rings. The van der Waals surface area contributed by atoms with E-state index in [9.17, 15) is 9.59 Å². The molecule has 0 spiro atoms. The summed E-state index contributed by atoms with van der Waals surface area (Å²) in [6.07, 6.45) is 6.20. The smallest absolute Gasteiger partial charge is 0.256 e. The average Bonchev–Trinajstić information content (AvgIpc) is 3.17. The summed E-state index contributed by atoms with van der Waals surface area (Å²) < 4.78 is 7.12. The van der Waals surface area contributed by atoms with Gasteiger partial charge in [-0.25, -0.2) is 0 Å². The quantitative estimate of drug-likeness (QED) is 0.772. The predicted molar refractivity (Wildman–Crippen MR) is 104 cm³/mol. The summed E-state index contributed by atoms with van der Waals surface area (Å²) in [6, 6.07) is 1.75. The summed E-state index contributed by atoms with van der Waals surface area (Å²) in [5.41, 5.74) is 1.52. The summed E-state index contributed by atoms with van der Waals surface area (Å²) in [5, 5.41) is 8.78. The van der Waals surface area contributed by atoms with Crippen LogP contribution in [0, 0.1) is 6.92 Å². The predicted octanol–water partition coefficient (Wildman–Crippen LogP) is 1.34. The van der Waals surface area contributed by atoms with Crippen LogP contribution in [0.2, 0.25) is 0 Å². The number of hydrogen-bond donors (Lipinski definition) is 0. The van der Waals surface area contributed by atoms with Crippen LogP contribution in [0.25, 0.3) is 0 Å². The number of carbonyl (C=O) groups excluding carboxylic acids is 2. The van der Waals surface area contributed by atoms with E-state index in [-0.39, 0.29) is 24.5 Å². The molecule has 0 saturated carbocycles. The number of likely N-dealkylation sites (tertiary alicyclic amines) is 1. The van der Waals surface area contributed by atoms with Gasteiger partial charge in [-0.1, -0.05) is 0 Å². The highest BCUT2D eigenvalue weighted by Gasteiger charge is 2.34. The molecule has 0 aromatic carbocycles. The minimum atomic E-state index is -0.0875. The Balaban J connectivity index is 1.54. The van der Waals surface area contributed by atoms with Gasteiger partial charge in [0.1, 0.15) is 6.61 Å². The van der Waals surface area contributed by atoms with Gasteiger partial charge in [0.2, 0.25) is 5.91 Å². The third kappa shape index (κ3) is 3.74. The van der Waals surface area contributed by atoms with E-state index in [1.807, 2.05) is 17.9 Å². The number of methoxy groups -OCH3 is 1. The van der Waals surface area contributed by atoms with E-state index in [1.54, 1.807) is 17.3 Å². The molecule has 2 aromatic heterocycles. The minimum Gasteiger partial charge on any atom is -0.375 e. The van der Waals surface area contributed by atoms with Crippen LogP contribution in [0.15, 0.2) is 18.5 Å². The second kappa shape index (κ2) is 8.28. The van der Waals surface area contributed by atoms with E-state index in [2.05, 4.69) is 19.7 Å². The fourth-order valence-electron chi connectivity index (χ4n) is 4.16. The molecule has 0 radical (unpaired) electrons. The number of nitrogens with zero attached hydrogens (tertiary/aromatic N) is 6. The highest BCUT2D eigenvalue weighted by atomic mass is 16.5. The zero-order valence-electron chi connectivity index (χ0n) is 16.9. The molecule has 1 saturated heterocycles. The molecule has 29 heavy (non-hydrogen) atoms. The first-order valence-electron chi connectivity index (χ1n) is 10.0. The topological polar surface area (TPSA) is 93.5 Å². The second-order valence-electron chi connectivity index (χ2n) is 7.58. The molecule has 1 fully saturated rings. The number of amides is 2. The SMILES string of the molecule is COCC(=O)N1CCCCC1c1nnc2n1CCN(C(=O)c1cnccc1C)C2. The molecule has 2 aliphatic heterocycles. The molecule has 1 unspecified atom stereocenters. The molecule has 2 aromatic rings. The van der Waals surface area contributed by atoms with Gasteiger partial charge in [-0.2, -0.15) is 0 Å². The first-order valence-corrected chi connectivity index (χ1v) is 10.0. The summed E-state index contributed by atoms with van der Waals surface area (Å²) in [4.78, 5) is 33.1. The number of pyridine rings is 1. The molecular formula is C20H26N6O3. The Hall–Kier alpha value is -2.81. The minimum absolute atomic E-state index is 0.0192. The number of carbonyl (C=O) groups is 2. The maximum Gasteiger partial charge on any atom is 0.256 e. The lowest BCUT2D eigenvalue weighted by Gasteiger charge is -2.36. The lowest BCUT2D eigenvalue weighted by molar-refractivity contribution is -0.139. The van der Waals surface area contributed by atoms with Crippen molar-refractivity contribution in [2.45, 2.75) is 45.3 Å². The van der Waals surface area contributed by atoms with Gasteiger partial charge < -0.3 is 19.1 Å². The Kier molecular flexibility index (Phi) is 5.57. The van der Waals surface area contributed by atoms with Gasteiger partial charge in [0.05, 0.1) is 18.2 Å². The second-order valence-corrected chi connectivity index (χ2v) is 7.58. The summed E-state index contributed by atoms with van der Waals surface area (Å²) in [6.45, 7) is 4.28.